The van der Waals surface area contributed by atoms with Gasteiger partial charge in [-0.1, -0.05) is 65.7 Å². The molecule has 0 fully saturated rings. The molecular weight excluding hydrogens is 543 g/mol. The molecule has 0 saturated carbocycles. The lowest BCUT2D eigenvalue weighted by Crippen LogP contribution is -2.19. The Labute approximate surface area is 235 Å². The van der Waals surface area contributed by atoms with Gasteiger partial charge in [-0.3, -0.25) is 9.59 Å². The maximum absolute atomic E-state index is 13.4. The molecule has 0 heterocycles. The summed E-state index contributed by atoms with van der Waals surface area (Å²) < 4.78 is 10.5. The van der Waals surface area contributed by atoms with Gasteiger partial charge in [-0.05, 0) is 54.1 Å². The first-order valence-corrected chi connectivity index (χ1v) is 13.1. The maximum Gasteiger partial charge on any atom is 0.255 e. The third-order valence-electron chi connectivity index (χ3n) is 5.54. The SMILES string of the molecule is COc1ccc(C(=O)Nc2cccc(SC(C(=O)Nc3cccc(Cl)c3Cl)c3ccccc3)c2)cc1OC. The Kier molecular flexibility index (Phi) is 9.18. The van der Waals surface area contributed by atoms with Crippen LogP contribution in [0, 0.1) is 0 Å². The standard InChI is InChI=1S/C29H24Cl2N2O4S/c1-36-24-15-14-19(16-25(24)37-2)28(34)32-20-10-6-11-21(17-20)38-27(18-8-4-3-5-9-18)29(35)33-23-13-7-12-22(30)26(23)31/h3-17,27H,1-2H3,(H,32,34)(H,33,35). The molecule has 4 aromatic carbocycles. The Balaban J connectivity index is 1.55. The second kappa shape index (κ2) is 12.7. The molecule has 0 spiro atoms. The summed E-state index contributed by atoms with van der Waals surface area (Å²) in [5, 5.41) is 5.83. The lowest BCUT2D eigenvalue weighted by atomic mass is 10.1. The Morgan fingerprint density at radius 3 is 2.26 bits per heavy atom. The molecule has 0 saturated heterocycles. The van der Waals surface area contributed by atoms with E-state index in [2.05, 4.69) is 10.6 Å². The molecule has 9 heteroatoms. The van der Waals surface area contributed by atoms with Crippen molar-refractivity contribution < 1.29 is 19.1 Å². The molecule has 2 amide bonds. The van der Waals surface area contributed by atoms with Crippen molar-refractivity contribution in [3.63, 3.8) is 0 Å². The Bertz CT molecular complexity index is 1450. The summed E-state index contributed by atoms with van der Waals surface area (Å²) in [7, 11) is 3.05. The van der Waals surface area contributed by atoms with Crippen molar-refractivity contribution in [1.29, 1.82) is 0 Å². The lowest BCUT2D eigenvalue weighted by Gasteiger charge is -2.18. The van der Waals surface area contributed by atoms with Crippen molar-refractivity contribution >= 4 is 58.2 Å². The van der Waals surface area contributed by atoms with Crippen LogP contribution in [0.15, 0.2) is 95.9 Å². The fourth-order valence-corrected chi connectivity index (χ4v) is 5.09. The van der Waals surface area contributed by atoms with Gasteiger partial charge in [0.15, 0.2) is 11.5 Å². The van der Waals surface area contributed by atoms with Crippen LogP contribution in [0.2, 0.25) is 10.0 Å². The number of hydrogen-bond acceptors (Lipinski definition) is 5. The molecule has 0 aliphatic rings. The number of hydrogen-bond donors (Lipinski definition) is 2. The maximum atomic E-state index is 13.4. The van der Waals surface area contributed by atoms with E-state index in [4.69, 9.17) is 32.7 Å². The number of ether oxygens (including phenoxy) is 2. The summed E-state index contributed by atoms with van der Waals surface area (Å²) in [5.41, 5.74) is 2.25. The molecule has 2 N–H and O–H groups in total. The van der Waals surface area contributed by atoms with Gasteiger partial charge in [0, 0.05) is 16.1 Å². The number of amides is 2. The van der Waals surface area contributed by atoms with E-state index in [1.807, 2.05) is 48.5 Å². The number of carbonyl (C=O) groups is 2. The van der Waals surface area contributed by atoms with Crippen molar-refractivity contribution in [2.75, 3.05) is 24.9 Å². The average Bonchev–Trinajstić information content (AvgIpc) is 2.94. The minimum Gasteiger partial charge on any atom is -0.493 e. The summed E-state index contributed by atoms with van der Waals surface area (Å²) in [4.78, 5) is 27.1. The molecular formula is C29H24Cl2N2O4S. The predicted molar refractivity (Wildman–Crippen MR) is 154 cm³/mol. The van der Waals surface area contributed by atoms with Crippen LogP contribution in [0.5, 0.6) is 11.5 Å². The molecule has 4 rings (SSSR count). The van der Waals surface area contributed by atoms with E-state index in [0.29, 0.717) is 33.5 Å². The van der Waals surface area contributed by atoms with E-state index < -0.39 is 5.25 Å². The molecule has 0 bridgehead atoms. The quantitative estimate of drug-likeness (QED) is 0.203. The zero-order valence-corrected chi connectivity index (χ0v) is 22.9. The molecule has 0 radical (unpaired) electrons. The van der Waals surface area contributed by atoms with Crippen LogP contribution in [-0.2, 0) is 4.79 Å². The van der Waals surface area contributed by atoms with E-state index in [1.165, 1.54) is 26.0 Å². The third-order valence-corrected chi connectivity index (χ3v) is 7.61. The highest BCUT2D eigenvalue weighted by molar-refractivity contribution is 8.00. The first kappa shape index (κ1) is 27.4. The third kappa shape index (κ3) is 6.61. The number of carbonyl (C=O) groups excluding carboxylic acids is 2. The van der Waals surface area contributed by atoms with Gasteiger partial charge in [0.2, 0.25) is 5.91 Å². The van der Waals surface area contributed by atoms with Crippen molar-refractivity contribution in [1.82, 2.24) is 0 Å². The fraction of sp³-hybridized carbons (Fsp3) is 0.103. The van der Waals surface area contributed by atoms with Crippen LogP contribution in [0.25, 0.3) is 0 Å². The largest absolute Gasteiger partial charge is 0.493 e. The number of anilines is 2. The average molecular weight is 567 g/mol. The number of methoxy groups -OCH3 is 2. The Morgan fingerprint density at radius 2 is 1.53 bits per heavy atom. The van der Waals surface area contributed by atoms with E-state index in [1.54, 1.807) is 42.5 Å². The van der Waals surface area contributed by atoms with E-state index in [0.717, 1.165) is 10.5 Å². The molecule has 0 aromatic heterocycles. The van der Waals surface area contributed by atoms with Crippen LogP contribution in [-0.4, -0.2) is 26.0 Å². The number of nitrogens with one attached hydrogen (secondary N) is 2. The summed E-state index contributed by atoms with van der Waals surface area (Å²) in [5.74, 6) is 0.430. The molecule has 4 aromatic rings. The van der Waals surface area contributed by atoms with Crippen LogP contribution >= 0.6 is 35.0 Å². The minimum atomic E-state index is -0.594. The lowest BCUT2D eigenvalue weighted by molar-refractivity contribution is -0.115. The van der Waals surface area contributed by atoms with E-state index in [9.17, 15) is 9.59 Å². The van der Waals surface area contributed by atoms with E-state index in [-0.39, 0.29) is 16.8 Å². The number of halogens is 2. The minimum absolute atomic E-state index is 0.259. The highest BCUT2D eigenvalue weighted by atomic mass is 35.5. The van der Waals surface area contributed by atoms with Gasteiger partial charge in [-0.2, -0.15) is 0 Å². The molecule has 6 nitrogen and oxygen atoms in total. The van der Waals surface area contributed by atoms with Gasteiger partial charge in [0.25, 0.3) is 5.91 Å². The second-order valence-electron chi connectivity index (χ2n) is 8.05. The number of benzene rings is 4. The molecule has 0 aliphatic heterocycles. The zero-order chi connectivity index (χ0) is 27.1. The van der Waals surface area contributed by atoms with Crippen molar-refractivity contribution in [3.8, 4) is 11.5 Å². The molecule has 38 heavy (non-hydrogen) atoms. The summed E-state index contributed by atoms with van der Waals surface area (Å²) in [6, 6.07) is 26.8. The molecule has 1 unspecified atom stereocenters. The van der Waals surface area contributed by atoms with Gasteiger partial charge in [0.05, 0.1) is 30.0 Å². The highest BCUT2D eigenvalue weighted by Crippen LogP contribution is 2.38. The van der Waals surface area contributed by atoms with Crippen LogP contribution in [0.3, 0.4) is 0 Å². The molecule has 0 aliphatic carbocycles. The van der Waals surface area contributed by atoms with Crippen LogP contribution in [0.1, 0.15) is 21.2 Å². The van der Waals surface area contributed by atoms with Crippen molar-refractivity contribution in [2.24, 2.45) is 0 Å². The first-order valence-electron chi connectivity index (χ1n) is 11.5. The summed E-state index contributed by atoms with van der Waals surface area (Å²) in [6.45, 7) is 0. The summed E-state index contributed by atoms with van der Waals surface area (Å²) >= 11 is 13.8. The van der Waals surface area contributed by atoms with E-state index >= 15 is 0 Å². The predicted octanol–water partition coefficient (Wildman–Crippen LogP) is 7.74. The zero-order valence-electron chi connectivity index (χ0n) is 20.5. The van der Waals surface area contributed by atoms with Crippen molar-refractivity contribution in [2.45, 2.75) is 10.1 Å². The first-order chi connectivity index (χ1) is 18.4. The monoisotopic (exact) mass is 566 g/mol. The molecule has 194 valence electrons. The fourth-order valence-electron chi connectivity index (χ4n) is 3.66. The highest BCUT2D eigenvalue weighted by Gasteiger charge is 2.23. The van der Waals surface area contributed by atoms with Crippen molar-refractivity contribution in [3.05, 3.63) is 112 Å². The second-order valence-corrected chi connectivity index (χ2v) is 10.0. The van der Waals surface area contributed by atoms with Gasteiger partial charge in [-0.15, -0.1) is 11.8 Å². The van der Waals surface area contributed by atoms with Crippen LogP contribution < -0.4 is 20.1 Å². The smallest absolute Gasteiger partial charge is 0.255 e. The normalized spacial score (nSPS) is 11.4. The Morgan fingerprint density at radius 1 is 0.789 bits per heavy atom. The summed E-state index contributed by atoms with van der Waals surface area (Å²) in [6.07, 6.45) is 0. The van der Waals surface area contributed by atoms with Gasteiger partial charge < -0.3 is 20.1 Å². The number of thioether (sulfide) groups is 1. The van der Waals surface area contributed by atoms with Gasteiger partial charge in [0.1, 0.15) is 5.25 Å². The Hall–Kier alpha value is -3.65. The molecule has 1 atom stereocenters. The van der Waals surface area contributed by atoms with Gasteiger partial charge in [-0.25, -0.2) is 0 Å². The van der Waals surface area contributed by atoms with Gasteiger partial charge >= 0.3 is 0 Å². The topological polar surface area (TPSA) is 76.7 Å². The number of rotatable bonds is 9. The van der Waals surface area contributed by atoms with Crippen LogP contribution in [0.4, 0.5) is 11.4 Å².